The van der Waals surface area contributed by atoms with Crippen LogP contribution in [0.1, 0.15) is 11.1 Å². The van der Waals surface area contributed by atoms with E-state index in [0.717, 1.165) is 5.56 Å². The lowest BCUT2D eigenvalue weighted by Gasteiger charge is -2.10. The van der Waals surface area contributed by atoms with Crippen LogP contribution in [-0.4, -0.2) is 30.9 Å². The van der Waals surface area contributed by atoms with Crippen LogP contribution in [0, 0.1) is 0 Å². The van der Waals surface area contributed by atoms with Gasteiger partial charge in [0.15, 0.2) is 0 Å². The molecular weight excluding hydrogens is 320 g/mol. The van der Waals surface area contributed by atoms with Crippen molar-refractivity contribution in [3.05, 3.63) is 66.0 Å². The highest BCUT2D eigenvalue weighted by Crippen LogP contribution is 2.04. The van der Waals surface area contributed by atoms with E-state index in [1.807, 2.05) is 30.3 Å². The molecule has 23 heavy (non-hydrogen) atoms. The number of aromatic nitrogens is 1. The van der Waals surface area contributed by atoms with Gasteiger partial charge in [-0.25, -0.2) is 9.08 Å². The van der Waals surface area contributed by atoms with E-state index in [2.05, 4.69) is 4.18 Å². The fraction of sp³-hybridized carbons (Fsp3) is 0.200. The van der Waals surface area contributed by atoms with Crippen molar-refractivity contribution in [2.24, 2.45) is 0 Å². The third-order valence-corrected chi connectivity index (χ3v) is 3.46. The minimum Gasteiger partial charge on any atom is -0.264 e. The molecule has 7 nitrogen and oxygen atoms in total. The first-order valence-electron chi connectivity index (χ1n) is 6.76. The van der Waals surface area contributed by atoms with E-state index in [9.17, 15) is 13.2 Å². The van der Waals surface area contributed by atoms with E-state index in [4.69, 9.17) is 4.55 Å². The highest BCUT2D eigenvalue weighted by Gasteiger charge is 2.20. The third kappa shape index (κ3) is 5.44. The van der Waals surface area contributed by atoms with Crippen LogP contribution in [0.15, 0.2) is 54.9 Å². The zero-order valence-corrected chi connectivity index (χ0v) is 13.3. The average Bonchev–Trinajstić information content (AvgIpc) is 2.53. The molecule has 0 radical (unpaired) electrons. The van der Waals surface area contributed by atoms with E-state index in [1.54, 1.807) is 25.4 Å². The molecule has 0 spiro atoms. The number of amides is 1. The van der Waals surface area contributed by atoms with Gasteiger partial charge >= 0.3 is 16.4 Å². The van der Waals surface area contributed by atoms with Crippen LogP contribution in [0.2, 0.25) is 0 Å². The number of rotatable bonds is 5. The maximum absolute atomic E-state index is 12.4. The first-order chi connectivity index (χ1) is 10.8. The van der Waals surface area contributed by atoms with E-state index in [0.29, 0.717) is 12.1 Å². The second kappa shape index (κ2) is 7.32. The molecule has 0 aliphatic heterocycles. The van der Waals surface area contributed by atoms with Gasteiger partial charge in [0, 0.05) is 5.56 Å². The van der Waals surface area contributed by atoms with Crippen molar-refractivity contribution in [2.45, 2.75) is 13.2 Å². The predicted molar refractivity (Wildman–Crippen MR) is 81.7 cm³/mol. The number of pyridine rings is 1. The Morgan fingerprint density at radius 3 is 2.48 bits per heavy atom. The summed E-state index contributed by atoms with van der Waals surface area (Å²) in [5.41, 5.74) is 1.43. The lowest BCUT2D eigenvalue weighted by atomic mass is 10.2. The van der Waals surface area contributed by atoms with Crippen LogP contribution < -0.4 is 4.57 Å². The summed E-state index contributed by atoms with van der Waals surface area (Å²) in [6.45, 7) is 0.0910. The molecule has 0 atom stereocenters. The van der Waals surface area contributed by atoms with Crippen LogP contribution in [0.25, 0.3) is 0 Å². The van der Waals surface area contributed by atoms with Gasteiger partial charge < -0.3 is 0 Å². The molecule has 1 aromatic heterocycles. The summed E-state index contributed by atoms with van der Waals surface area (Å²) in [6, 6.07) is 12.4. The van der Waals surface area contributed by atoms with Crippen LogP contribution in [0.3, 0.4) is 0 Å². The second-order valence-corrected chi connectivity index (χ2v) is 6.02. The van der Waals surface area contributed by atoms with Gasteiger partial charge in [-0.15, -0.1) is 0 Å². The molecule has 122 valence electrons. The third-order valence-electron chi connectivity index (χ3n) is 3.05. The summed E-state index contributed by atoms with van der Waals surface area (Å²) in [7, 11) is -2.85. The largest absolute Gasteiger partial charge is 0.497 e. The number of hydrogen-bond acceptors (Lipinski definition) is 4. The van der Waals surface area contributed by atoms with Crippen molar-refractivity contribution in [1.82, 2.24) is 4.90 Å². The van der Waals surface area contributed by atoms with E-state index in [-0.39, 0.29) is 12.6 Å². The molecule has 2 rings (SSSR count). The molecule has 0 bridgehead atoms. The highest BCUT2D eigenvalue weighted by molar-refractivity contribution is 7.80. The molecule has 0 aliphatic carbocycles. The number of carbonyl (C=O) groups is 1. The Bertz CT molecular complexity index is 777. The van der Waals surface area contributed by atoms with Gasteiger partial charge in [0.05, 0.1) is 19.9 Å². The lowest BCUT2D eigenvalue weighted by Crippen LogP contribution is -2.50. The maximum Gasteiger partial charge on any atom is 0.497 e. The number of hydrogen-bond donors (Lipinski definition) is 1. The van der Waals surface area contributed by atoms with Crippen molar-refractivity contribution in [3.63, 3.8) is 0 Å². The van der Waals surface area contributed by atoms with E-state index < -0.39 is 10.4 Å². The molecule has 0 fully saturated rings. The van der Waals surface area contributed by atoms with Crippen LogP contribution >= 0.6 is 0 Å². The summed E-state index contributed by atoms with van der Waals surface area (Å²) < 4.78 is 35.4. The number of carbonyl (C=O) groups excluding carboxylic acids is 1. The average molecular weight is 337 g/mol. The Morgan fingerprint density at radius 1 is 1.17 bits per heavy atom. The van der Waals surface area contributed by atoms with Gasteiger partial charge in [-0.3, -0.25) is 4.55 Å². The van der Waals surface area contributed by atoms with Crippen LogP contribution in [0.4, 0.5) is 4.79 Å². The zero-order valence-electron chi connectivity index (χ0n) is 12.5. The van der Waals surface area contributed by atoms with Crippen LogP contribution in [0.5, 0.6) is 0 Å². The zero-order chi connectivity index (χ0) is 16.9. The van der Waals surface area contributed by atoms with Gasteiger partial charge in [0.25, 0.3) is 0 Å². The molecule has 0 saturated heterocycles. The minimum atomic E-state index is -4.52. The van der Waals surface area contributed by atoms with Crippen molar-refractivity contribution in [3.8, 4) is 0 Å². The fourth-order valence-corrected chi connectivity index (χ4v) is 2.28. The molecule has 0 aliphatic rings. The molecule has 2 aromatic rings. The Labute approximate surface area is 134 Å². The lowest BCUT2D eigenvalue weighted by molar-refractivity contribution is -0.578. The molecule has 8 heteroatoms. The Hall–Kier alpha value is -2.29. The van der Waals surface area contributed by atoms with E-state index in [1.165, 1.54) is 15.7 Å². The van der Waals surface area contributed by atoms with Crippen LogP contribution in [-0.2, 0) is 27.7 Å². The summed E-state index contributed by atoms with van der Waals surface area (Å²) >= 11 is 0. The standard InChI is InChI=1S/C15H16N2O5S/c1-16(10-13-6-3-2-4-7-13)15(18)17-9-5-8-14(11-17)12-22-23(19,20)21/h2-9,11H,10,12H2,1H3/p+1. The molecule has 0 unspecified atom stereocenters. The molecular formula is C15H17N2O5S+. The van der Waals surface area contributed by atoms with Gasteiger partial charge in [-0.05, 0) is 17.7 Å². The number of benzene rings is 1. The topological polar surface area (TPSA) is 87.8 Å². The highest BCUT2D eigenvalue weighted by atomic mass is 32.3. The summed E-state index contributed by atoms with van der Waals surface area (Å²) in [5.74, 6) is 0. The van der Waals surface area contributed by atoms with Crippen molar-refractivity contribution in [2.75, 3.05) is 7.05 Å². The first kappa shape index (κ1) is 17.1. The number of nitrogens with zero attached hydrogens (tertiary/aromatic N) is 2. The Kier molecular flexibility index (Phi) is 5.43. The molecule has 1 aromatic carbocycles. The quantitative estimate of drug-likeness (QED) is 0.658. The Morgan fingerprint density at radius 2 is 1.83 bits per heavy atom. The van der Waals surface area contributed by atoms with Gasteiger partial charge in [0.1, 0.15) is 12.7 Å². The molecule has 1 heterocycles. The minimum absolute atomic E-state index is 0.275. The predicted octanol–water partition coefficient (Wildman–Crippen LogP) is 1.39. The Balaban J connectivity index is 2.07. The van der Waals surface area contributed by atoms with Gasteiger partial charge in [-0.2, -0.15) is 17.8 Å². The smallest absolute Gasteiger partial charge is 0.264 e. The van der Waals surface area contributed by atoms with Gasteiger partial charge in [-0.1, -0.05) is 30.3 Å². The summed E-state index contributed by atoms with van der Waals surface area (Å²) in [4.78, 5) is 13.9. The fourth-order valence-electron chi connectivity index (χ4n) is 1.99. The van der Waals surface area contributed by atoms with Crippen molar-refractivity contribution >= 4 is 16.4 Å². The SMILES string of the molecule is CN(Cc1ccccc1)C(=O)[n+]1cccc(COS(=O)(=O)O)c1. The van der Waals surface area contributed by atoms with Gasteiger partial charge in [0.2, 0.25) is 0 Å². The normalized spacial score (nSPS) is 11.2. The van der Waals surface area contributed by atoms with Crippen molar-refractivity contribution < 1.29 is 26.5 Å². The molecule has 1 amide bonds. The molecule has 0 saturated carbocycles. The second-order valence-electron chi connectivity index (χ2n) is 4.93. The van der Waals surface area contributed by atoms with Crippen molar-refractivity contribution in [1.29, 1.82) is 0 Å². The summed E-state index contributed by atoms with van der Waals surface area (Å²) in [6.07, 6.45) is 3.01. The maximum atomic E-state index is 12.4. The summed E-state index contributed by atoms with van der Waals surface area (Å²) in [5, 5.41) is 0. The monoisotopic (exact) mass is 337 g/mol. The first-order valence-corrected chi connectivity index (χ1v) is 8.13. The molecule has 1 N–H and O–H groups in total. The van der Waals surface area contributed by atoms with E-state index >= 15 is 0 Å².